The minimum atomic E-state index is -1.55. The summed E-state index contributed by atoms with van der Waals surface area (Å²) < 4.78 is 13.6. The van der Waals surface area contributed by atoms with E-state index in [4.69, 9.17) is 18.2 Å². The van der Waals surface area contributed by atoms with Crippen molar-refractivity contribution in [2.75, 3.05) is 0 Å². The fourth-order valence-electron chi connectivity index (χ4n) is 1.30. The standard InChI is InChI=1S/C11H11ClFN/c1-11(2,13)10(14-3)8-5-4-6-9(12)7-8/h4-7,10H,1-2H3. The molecule has 1 atom stereocenters. The molecule has 74 valence electrons. The predicted octanol–water partition coefficient (Wildman–Crippen LogP) is 4.05. The highest BCUT2D eigenvalue weighted by Crippen LogP contribution is 2.33. The van der Waals surface area contributed by atoms with Crippen LogP contribution in [0.1, 0.15) is 25.5 Å². The Kier molecular flexibility index (Phi) is 3.13. The highest BCUT2D eigenvalue weighted by atomic mass is 35.5. The summed E-state index contributed by atoms with van der Waals surface area (Å²) in [7, 11) is 0. The molecule has 1 rings (SSSR count). The Morgan fingerprint density at radius 3 is 2.57 bits per heavy atom. The third-order valence-electron chi connectivity index (χ3n) is 1.94. The van der Waals surface area contributed by atoms with Gasteiger partial charge in [-0.15, -0.1) is 0 Å². The third-order valence-corrected chi connectivity index (χ3v) is 2.18. The van der Waals surface area contributed by atoms with Crippen molar-refractivity contribution in [3.63, 3.8) is 0 Å². The summed E-state index contributed by atoms with van der Waals surface area (Å²) in [4.78, 5) is 3.29. The van der Waals surface area contributed by atoms with Gasteiger partial charge in [0, 0.05) is 10.6 Å². The van der Waals surface area contributed by atoms with E-state index in [0.717, 1.165) is 0 Å². The Labute approximate surface area is 88.3 Å². The van der Waals surface area contributed by atoms with Crippen molar-refractivity contribution >= 4 is 11.6 Å². The van der Waals surface area contributed by atoms with E-state index in [1.807, 2.05) is 0 Å². The zero-order chi connectivity index (χ0) is 10.8. The van der Waals surface area contributed by atoms with Gasteiger partial charge in [-0.25, -0.2) is 11.0 Å². The summed E-state index contributed by atoms with van der Waals surface area (Å²) in [5.41, 5.74) is -0.924. The maximum absolute atomic E-state index is 13.6. The Balaban J connectivity index is 3.09. The van der Waals surface area contributed by atoms with Gasteiger partial charge in [0.2, 0.25) is 0 Å². The molecule has 0 aliphatic rings. The largest absolute Gasteiger partial charge is 0.305 e. The second-order valence-corrected chi connectivity index (χ2v) is 4.09. The lowest BCUT2D eigenvalue weighted by atomic mass is 9.94. The van der Waals surface area contributed by atoms with Gasteiger partial charge in [-0.3, -0.25) is 0 Å². The number of hydrogen-bond acceptors (Lipinski definition) is 0. The molecule has 0 amide bonds. The maximum Gasteiger partial charge on any atom is 0.281 e. The van der Waals surface area contributed by atoms with Crippen LogP contribution in [0.2, 0.25) is 5.02 Å². The lowest BCUT2D eigenvalue weighted by molar-refractivity contribution is 0.193. The molecular formula is C11H11ClFN. The first kappa shape index (κ1) is 11.0. The monoisotopic (exact) mass is 211 g/mol. The summed E-state index contributed by atoms with van der Waals surface area (Å²) in [6.45, 7) is 9.76. The molecule has 0 heterocycles. The highest BCUT2D eigenvalue weighted by Gasteiger charge is 2.36. The second-order valence-electron chi connectivity index (χ2n) is 3.65. The van der Waals surface area contributed by atoms with Crippen LogP contribution in [-0.2, 0) is 0 Å². The molecule has 1 nitrogen and oxygen atoms in total. The first-order valence-electron chi connectivity index (χ1n) is 4.26. The van der Waals surface area contributed by atoms with E-state index in [1.54, 1.807) is 24.3 Å². The topological polar surface area (TPSA) is 4.36 Å². The second kappa shape index (κ2) is 3.98. The molecule has 0 fully saturated rings. The molecule has 0 aliphatic carbocycles. The molecule has 0 aromatic heterocycles. The Hall–Kier alpha value is -1.07. The molecule has 1 aromatic rings. The van der Waals surface area contributed by atoms with Crippen LogP contribution in [0, 0.1) is 6.57 Å². The van der Waals surface area contributed by atoms with Crippen molar-refractivity contribution in [2.45, 2.75) is 25.6 Å². The molecule has 14 heavy (non-hydrogen) atoms. The van der Waals surface area contributed by atoms with Crippen molar-refractivity contribution in [1.82, 2.24) is 0 Å². The van der Waals surface area contributed by atoms with Gasteiger partial charge >= 0.3 is 0 Å². The number of benzene rings is 1. The van der Waals surface area contributed by atoms with Crippen LogP contribution >= 0.6 is 11.6 Å². The van der Waals surface area contributed by atoms with E-state index < -0.39 is 11.7 Å². The van der Waals surface area contributed by atoms with Gasteiger partial charge in [0.15, 0.2) is 5.67 Å². The van der Waals surface area contributed by atoms with Crippen molar-refractivity contribution in [3.8, 4) is 0 Å². The molecular weight excluding hydrogens is 201 g/mol. The van der Waals surface area contributed by atoms with Gasteiger partial charge in [-0.2, -0.15) is 0 Å². The summed E-state index contributed by atoms with van der Waals surface area (Å²) in [5.74, 6) is 0. The quantitative estimate of drug-likeness (QED) is 0.650. The summed E-state index contributed by atoms with van der Waals surface area (Å²) in [5, 5.41) is 0.528. The number of hydrogen-bond donors (Lipinski definition) is 0. The molecule has 0 saturated heterocycles. The van der Waals surface area contributed by atoms with E-state index in [9.17, 15) is 4.39 Å². The fraction of sp³-hybridized carbons (Fsp3) is 0.364. The number of alkyl halides is 1. The van der Waals surface area contributed by atoms with Crippen LogP contribution in [0.4, 0.5) is 4.39 Å². The SMILES string of the molecule is [C-]#[N+]C(c1cccc(Cl)c1)C(C)(C)F. The zero-order valence-corrected chi connectivity index (χ0v) is 8.85. The number of nitrogens with zero attached hydrogens (tertiary/aromatic N) is 1. The Bertz CT molecular complexity index is 362. The minimum Gasteiger partial charge on any atom is -0.305 e. The first-order valence-corrected chi connectivity index (χ1v) is 4.64. The molecule has 1 unspecified atom stereocenters. The average Bonchev–Trinajstić information content (AvgIpc) is 2.02. The van der Waals surface area contributed by atoms with Crippen LogP contribution in [0.3, 0.4) is 0 Å². The Morgan fingerprint density at radius 1 is 1.50 bits per heavy atom. The third kappa shape index (κ3) is 2.46. The molecule has 3 heteroatoms. The molecule has 1 aromatic carbocycles. The lowest BCUT2D eigenvalue weighted by Crippen LogP contribution is -2.21. The Morgan fingerprint density at radius 2 is 2.14 bits per heavy atom. The van der Waals surface area contributed by atoms with Crippen LogP contribution in [0.25, 0.3) is 4.85 Å². The maximum atomic E-state index is 13.6. The van der Waals surface area contributed by atoms with E-state index in [-0.39, 0.29) is 0 Å². The number of halogens is 2. The average molecular weight is 212 g/mol. The van der Waals surface area contributed by atoms with Gasteiger partial charge in [0.25, 0.3) is 6.04 Å². The van der Waals surface area contributed by atoms with Gasteiger partial charge in [-0.05, 0) is 26.0 Å². The van der Waals surface area contributed by atoms with E-state index in [1.165, 1.54) is 13.8 Å². The van der Waals surface area contributed by atoms with Gasteiger partial charge in [0.05, 0.1) is 0 Å². The van der Waals surface area contributed by atoms with E-state index in [0.29, 0.717) is 10.6 Å². The van der Waals surface area contributed by atoms with Crippen molar-refractivity contribution < 1.29 is 4.39 Å². The van der Waals surface area contributed by atoms with Gasteiger partial charge < -0.3 is 4.85 Å². The normalized spacial score (nSPS) is 13.4. The summed E-state index contributed by atoms with van der Waals surface area (Å²) in [6.07, 6.45) is 0. The van der Waals surface area contributed by atoms with E-state index >= 15 is 0 Å². The molecule has 0 bridgehead atoms. The van der Waals surface area contributed by atoms with Crippen molar-refractivity contribution in [2.24, 2.45) is 0 Å². The molecule has 0 spiro atoms. The number of rotatable bonds is 2. The zero-order valence-electron chi connectivity index (χ0n) is 8.09. The smallest absolute Gasteiger partial charge is 0.281 e. The molecule has 0 N–H and O–H groups in total. The van der Waals surface area contributed by atoms with Crippen molar-refractivity contribution in [3.05, 3.63) is 46.3 Å². The molecule has 0 aliphatic heterocycles. The van der Waals surface area contributed by atoms with E-state index in [2.05, 4.69) is 4.85 Å². The summed E-state index contributed by atoms with van der Waals surface area (Å²) >= 11 is 5.77. The minimum absolute atomic E-state index is 0.528. The molecule has 0 radical (unpaired) electrons. The first-order chi connectivity index (χ1) is 6.45. The summed E-state index contributed by atoms with van der Waals surface area (Å²) in [6, 6.07) is 5.99. The van der Waals surface area contributed by atoms with Crippen LogP contribution in [-0.4, -0.2) is 5.67 Å². The van der Waals surface area contributed by atoms with Gasteiger partial charge in [0.1, 0.15) is 0 Å². The molecule has 0 saturated carbocycles. The van der Waals surface area contributed by atoms with Crippen LogP contribution in [0.15, 0.2) is 24.3 Å². The highest BCUT2D eigenvalue weighted by molar-refractivity contribution is 6.30. The van der Waals surface area contributed by atoms with Crippen LogP contribution in [0.5, 0.6) is 0 Å². The lowest BCUT2D eigenvalue weighted by Gasteiger charge is -2.16. The fourth-order valence-corrected chi connectivity index (χ4v) is 1.50. The predicted molar refractivity (Wildman–Crippen MR) is 56.0 cm³/mol. The van der Waals surface area contributed by atoms with Crippen molar-refractivity contribution in [1.29, 1.82) is 0 Å². The van der Waals surface area contributed by atoms with Gasteiger partial charge in [-0.1, -0.05) is 23.7 Å². The van der Waals surface area contributed by atoms with Crippen LogP contribution < -0.4 is 0 Å².